The van der Waals surface area contributed by atoms with E-state index in [0.29, 0.717) is 5.92 Å². The fourth-order valence-corrected chi connectivity index (χ4v) is 1.80. The lowest BCUT2D eigenvalue weighted by atomic mass is 10.1. The quantitative estimate of drug-likeness (QED) is 0.811. The van der Waals surface area contributed by atoms with Crippen molar-refractivity contribution in [3.63, 3.8) is 0 Å². The molecule has 15 heavy (non-hydrogen) atoms. The van der Waals surface area contributed by atoms with Gasteiger partial charge in [0.25, 0.3) is 0 Å². The van der Waals surface area contributed by atoms with Crippen molar-refractivity contribution in [2.45, 2.75) is 32.4 Å². The molecule has 1 aromatic heterocycles. The normalized spacial score (nSPS) is 18.1. The number of pyridine rings is 1. The summed E-state index contributed by atoms with van der Waals surface area (Å²) in [7, 11) is 0. The number of aromatic nitrogens is 1. The summed E-state index contributed by atoms with van der Waals surface area (Å²) < 4.78 is 0. The van der Waals surface area contributed by atoms with Crippen LogP contribution in [0.4, 0.5) is 0 Å². The first-order valence-electron chi connectivity index (χ1n) is 5.50. The molecule has 0 aromatic carbocycles. The maximum Gasteiger partial charge on any atom is 0.0794 e. The predicted molar refractivity (Wildman–Crippen MR) is 59.6 cm³/mol. The van der Waals surface area contributed by atoms with Gasteiger partial charge in [0.05, 0.1) is 6.10 Å². The van der Waals surface area contributed by atoms with Crippen LogP contribution in [0.15, 0.2) is 18.3 Å². The average molecular weight is 206 g/mol. The van der Waals surface area contributed by atoms with Crippen LogP contribution in [-0.4, -0.2) is 34.2 Å². The maximum atomic E-state index is 9.16. The van der Waals surface area contributed by atoms with Crippen LogP contribution < -0.4 is 0 Å². The highest BCUT2D eigenvalue weighted by Crippen LogP contribution is 2.15. The second-order valence-corrected chi connectivity index (χ2v) is 4.59. The van der Waals surface area contributed by atoms with E-state index in [-0.39, 0.29) is 6.10 Å². The summed E-state index contributed by atoms with van der Waals surface area (Å²) in [6.07, 6.45) is 1.83. The number of hydrogen-bond acceptors (Lipinski definition) is 3. The molecular weight excluding hydrogens is 188 g/mol. The molecule has 1 aromatic rings. The molecule has 0 radical (unpaired) electrons. The van der Waals surface area contributed by atoms with E-state index < -0.39 is 0 Å². The van der Waals surface area contributed by atoms with Crippen LogP contribution in [-0.2, 0) is 6.54 Å². The summed E-state index contributed by atoms with van der Waals surface area (Å²) in [4.78, 5) is 6.64. The Morgan fingerprint density at radius 1 is 1.47 bits per heavy atom. The summed E-state index contributed by atoms with van der Waals surface area (Å²) in [5, 5.41) is 9.16. The number of β-amino-alcohol motifs (C(OH)–C–C–N with tert-alkyl or cyclic N) is 1. The molecule has 1 saturated heterocycles. The Labute approximate surface area is 90.8 Å². The number of likely N-dealkylation sites (tertiary alicyclic amines) is 1. The minimum Gasteiger partial charge on any atom is -0.390 e. The average Bonchev–Trinajstić information content (AvgIpc) is 2.16. The van der Waals surface area contributed by atoms with Gasteiger partial charge in [-0.2, -0.15) is 0 Å². The van der Waals surface area contributed by atoms with E-state index in [2.05, 4.69) is 35.9 Å². The van der Waals surface area contributed by atoms with Crippen molar-refractivity contribution in [3.05, 3.63) is 29.6 Å². The first-order chi connectivity index (χ1) is 7.15. The lowest BCUT2D eigenvalue weighted by molar-refractivity contribution is -0.00292. The topological polar surface area (TPSA) is 36.4 Å². The van der Waals surface area contributed by atoms with Gasteiger partial charge in [0.15, 0.2) is 0 Å². The van der Waals surface area contributed by atoms with Gasteiger partial charge in [0, 0.05) is 31.5 Å². The molecule has 0 spiro atoms. The molecule has 0 saturated carbocycles. The third-order valence-corrected chi connectivity index (χ3v) is 2.78. The second-order valence-electron chi connectivity index (χ2n) is 4.59. The zero-order valence-electron chi connectivity index (χ0n) is 9.35. The van der Waals surface area contributed by atoms with Crippen LogP contribution in [0.25, 0.3) is 0 Å². The molecule has 2 heterocycles. The van der Waals surface area contributed by atoms with Gasteiger partial charge in [-0.1, -0.05) is 19.9 Å². The monoisotopic (exact) mass is 206 g/mol. The van der Waals surface area contributed by atoms with Crippen molar-refractivity contribution in [1.29, 1.82) is 0 Å². The Morgan fingerprint density at radius 2 is 2.20 bits per heavy atom. The molecular formula is C12H18N2O. The van der Waals surface area contributed by atoms with Gasteiger partial charge in [-0.3, -0.25) is 9.88 Å². The molecule has 0 amide bonds. The van der Waals surface area contributed by atoms with Gasteiger partial charge in [0.1, 0.15) is 0 Å². The van der Waals surface area contributed by atoms with Crippen molar-refractivity contribution >= 4 is 0 Å². The van der Waals surface area contributed by atoms with E-state index in [1.165, 1.54) is 5.56 Å². The molecule has 0 bridgehead atoms. The third-order valence-electron chi connectivity index (χ3n) is 2.78. The van der Waals surface area contributed by atoms with Crippen LogP contribution in [0.2, 0.25) is 0 Å². The smallest absolute Gasteiger partial charge is 0.0794 e. The van der Waals surface area contributed by atoms with E-state index in [9.17, 15) is 0 Å². The molecule has 0 aliphatic carbocycles. The molecule has 1 fully saturated rings. The van der Waals surface area contributed by atoms with E-state index >= 15 is 0 Å². The highest BCUT2D eigenvalue weighted by Gasteiger charge is 2.23. The molecule has 1 N–H and O–H groups in total. The lowest BCUT2D eigenvalue weighted by Crippen LogP contribution is -2.49. The standard InChI is InChI=1S/C12H18N2O/c1-9(2)12-4-3-10(5-13-12)6-14-7-11(15)8-14/h3-5,9,11,15H,6-8H2,1-2H3. The van der Waals surface area contributed by atoms with Crippen LogP contribution in [0.5, 0.6) is 0 Å². The van der Waals surface area contributed by atoms with E-state index in [1.54, 1.807) is 0 Å². The molecule has 2 rings (SSSR count). The van der Waals surface area contributed by atoms with Gasteiger partial charge < -0.3 is 5.11 Å². The molecule has 1 aliphatic heterocycles. The molecule has 0 atom stereocenters. The van der Waals surface area contributed by atoms with Gasteiger partial charge in [0.2, 0.25) is 0 Å². The molecule has 3 heteroatoms. The van der Waals surface area contributed by atoms with E-state index in [4.69, 9.17) is 5.11 Å². The SMILES string of the molecule is CC(C)c1ccc(CN2CC(O)C2)cn1. The molecule has 3 nitrogen and oxygen atoms in total. The fraction of sp³-hybridized carbons (Fsp3) is 0.583. The molecule has 1 aliphatic rings. The van der Waals surface area contributed by atoms with Gasteiger partial charge in [-0.25, -0.2) is 0 Å². The number of aliphatic hydroxyl groups excluding tert-OH is 1. The van der Waals surface area contributed by atoms with E-state index in [1.807, 2.05) is 6.20 Å². The Balaban J connectivity index is 1.92. The third kappa shape index (κ3) is 2.55. The zero-order valence-corrected chi connectivity index (χ0v) is 9.35. The van der Waals surface area contributed by atoms with Crippen LogP contribution in [0.1, 0.15) is 31.0 Å². The summed E-state index contributed by atoms with van der Waals surface area (Å²) >= 11 is 0. The fourth-order valence-electron chi connectivity index (χ4n) is 1.80. The predicted octanol–water partition coefficient (Wildman–Crippen LogP) is 1.38. The largest absolute Gasteiger partial charge is 0.390 e. The second kappa shape index (κ2) is 4.29. The minimum absolute atomic E-state index is 0.118. The van der Waals surface area contributed by atoms with Crippen molar-refractivity contribution < 1.29 is 5.11 Å². The van der Waals surface area contributed by atoms with Crippen molar-refractivity contribution in [2.75, 3.05) is 13.1 Å². The number of hydrogen-bond donors (Lipinski definition) is 1. The van der Waals surface area contributed by atoms with Crippen molar-refractivity contribution in [1.82, 2.24) is 9.88 Å². The summed E-state index contributed by atoms with van der Waals surface area (Å²) in [5.74, 6) is 0.491. The van der Waals surface area contributed by atoms with Crippen LogP contribution >= 0.6 is 0 Å². The van der Waals surface area contributed by atoms with Crippen LogP contribution in [0, 0.1) is 0 Å². The van der Waals surface area contributed by atoms with Crippen molar-refractivity contribution in [3.8, 4) is 0 Å². The lowest BCUT2D eigenvalue weighted by Gasteiger charge is -2.35. The molecule has 82 valence electrons. The number of nitrogens with zero attached hydrogens (tertiary/aromatic N) is 2. The summed E-state index contributed by atoms with van der Waals surface area (Å²) in [6.45, 7) is 6.79. The minimum atomic E-state index is -0.118. The maximum absolute atomic E-state index is 9.16. The Bertz CT molecular complexity index is 315. The summed E-state index contributed by atoms with van der Waals surface area (Å²) in [6, 6.07) is 4.23. The Morgan fingerprint density at radius 3 is 2.67 bits per heavy atom. The Hall–Kier alpha value is -0.930. The first kappa shape index (κ1) is 10.6. The van der Waals surface area contributed by atoms with Crippen molar-refractivity contribution in [2.24, 2.45) is 0 Å². The number of rotatable bonds is 3. The van der Waals surface area contributed by atoms with Gasteiger partial charge in [-0.05, 0) is 17.5 Å². The van der Waals surface area contributed by atoms with E-state index in [0.717, 1.165) is 25.3 Å². The zero-order chi connectivity index (χ0) is 10.8. The highest BCUT2D eigenvalue weighted by molar-refractivity contribution is 5.16. The number of aliphatic hydroxyl groups is 1. The van der Waals surface area contributed by atoms with Gasteiger partial charge in [-0.15, -0.1) is 0 Å². The Kier molecular flexibility index (Phi) is 3.03. The highest BCUT2D eigenvalue weighted by atomic mass is 16.3. The van der Waals surface area contributed by atoms with Crippen LogP contribution in [0.3, 0.4) is 0 Å². The summed E-state index contributed by atoms with van der Waals surface area (Å²) in [5.41, 5.74) is 2.37. The molecule has 0 unspecified atom stereocenters. The van der Waals surface area contributed by atoms with Gasteiger partial charge >= 0.3 is 0 Å². The first-order valence-corrected chi connectivity index (χ1v) is 5.50.